The molecule has 4 aromatic rings. The second-order valence-electron chi connectivity index (χ2n) is 9.06. The first-order valence-electron chi connectivity index (χ1n) is 12.7. The van der Waals surface area contributed by atoms with Gasteiger partial charge in [-0.2, -0.15) is 5.26 Å². The first-order valence-corrected chi connectivity index (χ1v) is 14.2. The second kappa shape index (κ2) is 12.1. The van der Waals surface area contributed by atoms with Crippen molar-refractivity contribution in [2.24, 2.45) is 4.99 Å². The van der Waals surface area contributed by atoms with Crippen LogP contribution in [-0.2, 0) is 16.1 Å². The summed E-state index contributed by atoms with van der Waals surface area (Å²) in [5, 5.41) is 10.3. The van der Waals surface area contributed by atoms with Crippen molar-refractivity contribution in [1.82, 2.24) is 4.57 Å². The zero-order valence-electron chi connectivity index (χ0n) is 22.1. The van der Waals surface area contributed by atoms with Gasteiger partial charge in [-0.3, -0.25) is 9.36 Å². The van der Waals surface area contributed by atoms with Crippen molar-refractivity contribution in [3.63, 3.8) is 0 Å². The Morgan fingerprint density at radius 2 is 1.90 bits per heavy atom. The maximum Gasteiger partial charge on any atom is 0.338 e. The van der Waals surface area contributed by atoms with Gasteiger partial charge in [0.25, 0.3) is 5.56 Å². The van der Waals surface area contributed by atoms with Crippen molar-refractivity contribution < 1.29 is 14.3 Å². The molecule has 1 aromatic heterocycles. The summed E-state index contributed by atoms with van der Waals surface area (Å²) in [6.45, 7) is 3.76. The molecule has 41 heavy (non-hydrogen) atoms. The minimum atomic E-state index is -0.821. The van der Waals surface area contributed by atoms with Gasteiger partial charge in [-0.15, -0.1) is 0 Å². The molecule has 0 spiro atoms. The highest BCUT2D eigenvalue weighted by Gasteiger charge is 2.34. The fourth-order valence-corrected chi connectivity index (χ4v) is 6.06. The highest BCUT2D eigenvalue weighted by Crippen LogP contribution is 2.34. The lowest BCUT2D eigenvalue weighted by molar-refractivity contribution is -0.139. The van der Waals surface area contributed by atoms with E-state index >= 15 is 0 Å². The number of hydrogen-bond donors (Lipinski definition) is 0. The Kier molecular flexibility index (Phi) is 8.41. The number of esters is 1. The molecule has 0 unspecified atom stereocenters. The number of fused-ring (bicyclic) bond motifs is 1. The number of nitrogens with zero attached hydrogens (tertiary/aromatic N) is 3. The molecule has 0 saturated carbocycles. The molecule has 0 fully saturated rings. The number of benzene rings is 3. The van der Waals surface area contributed by atoms with Gasteiger partial charge < -0.3 is 9.47 Å². The normalized spacial score (nSPS) is 14.7. The number of aromatic nitrogens is 1. The number of nitriles is 1. The predicted molar refractivity (Wildman–Crippen MR) is 159 cm³/mol. The fourth-order valence-electron chi connectivity index (χ4n) is 4.60. The van der Waals surface area contributed by atoms with Crippen LogP contribution in [-0.4, -0.2) is 17.1 Å². The van der Waals surface area contributed by atoms with Gasteiger partial charge in [0.2, 0.25) is 0 Å². The van der Waals surface area contributed by atoms with Gasteiger partial charge in [-0.25, -0.2) is 9.79 Å². The van der Waals surface area contributed by atoms with Crippen LogP contribution in [0, 0.1) is 11.3 Å². The van der Waals surface area contributed by atoms with E-state index in [0.29, 0.717) is 47.5 Å². The van der Waals surface area contributed by atoms with Crippen LogP contribution in [0.2, 0.25) is 10.0 Å². The van der Waals surface area contributed by atoms with Crippen molar-refractivity contribution >= 4 is 46.6 Å². The van der Waals surface area contributed by atoms with E-state index < -0.39 is 12.0 Å². The third-order valence-corrected chi connectivity index (χ3v) is 8.06. The summed E-state index contributed by atoms with van der Waals surface area (Å²) < 4.78 is 13.3. The molecule has 0 amide bonds. The van der Waals surface area contributed by atoms with Gasteiger partial charge in [-0.1, -0.05) is 70.9 Å². The number of hydrogen-bond acceptors (Lipinski definition) is 7. The Morgan fingerprint density at radius 3 is 2.66 bits per heavy atom. The molecule has 1 aliphatic rings. The summed E-state index contributed by atoms with van der Waals surface area (Å²) in [6, 6.07) is 20.7. The lowest BCUT2D eigenvalue weighted by Gasteiger charge is -2.25. The van der Waals surface area contributed by atoms with Crippen LogP contribution < -0.4 is 19.6 Å². The predicted octanol–water partition coefficient (Wildman–Crippen LogP) is 5.56. The van der Waals surface area contributed by atoms with Gasteiger partial charge in [0.05, 0.1) is 34.0 Å². The van der Waals surface area contributed by atoms with Crippen molar-refractivity contribution in [3.8, 4) is 11.8 Å². The molecule has 0 saturated heterocycles. The lowest BCUT2D eigenvalue weighted by atomic mass is 9.96. The maximum atomic E-state index is 14.0. The standard InChI is InChI=1S/C31H23Cl2N3O4S/c1-3-39-30(38)27-18(2)35-31-36(28(27)23-10-6-7-11-24(23)33)29(37)26(41-31)15-21-14-22(32)12-13-25(21)40-17-20-9-5-4-8-19(20)16-34/h4-15,28H,3,17H2,1-2H3/b26-15-/t28-/m1/s1. The van der Waals surface area contributed by atoms with Gasteiger partial charge in [0, 0.05) is 21.2 Å². The molecule has 2 heterocycles. The Bertz CT molecular complexity index is 1920. The van der Waals surface area contributed by atoms with Crippen molar-refractivity contribution in [2.45, 2.75) is 26.5 Å². The molecule has 1 atom stereocenters. The largest absolute Gasteiger partial charge is 0.488 e. The number of carbonyl (C=O) groups excluding carboxylic acids is 1. The van der Waals surface area contributed by atoms with E-state index in [-0.39, 0.29) is 24.3 Å². The molecule has 0 bridgehead atoms. The molecule has 5 rings (SSSR count). The summed E-state index contributed by atoms with van der Waals surface area (Å²) in [4.78, 5) is 32.1. The van der Waals surface area contributed by atoms with E-state index in [1.165, 1.54) is 15.9 Å². The summed E-state index contributed by atoms with van der Waals surface area (Å²) in [7, 11) is 0. The minimum absolute atomic E-state index is 0.155. The summed E-state index contributed by atoms with van der Waals surface area (Å²) in [6.07, 6.45) is 1.69. The van der Waals surface area contributed by atoms with Crippen LogP contribution in [0.25, 0.3) is 6.08 Å². The zero-order valence-corrected chi connectivity index (χ0v) is 24.4. The molecule has 3 aromatic carbocycles. The number of thiazole rings is 1. The monoisotopic (exact) mass is 603 g/mol. The van der Waals surface area contributed by atoms with Crippen LogP contribution in [0.4, 0.5) is 0 Å². The van der Waals surface area contributed by atoms with E-state index in [1.807, 2.05) is 12.1 Å². The maximum absolute atomic E-state index is 14.0. The molecule has 206 valence electrons. The minimum Gasteiger partial charge on any atom is -0.488 e. The number of allylic oxidation sites excluding steroid dienone is 1. The highest BCUT2D eigenvalue weighted by molar-refractivity contribution is 7.07. The van der Waals surface area contributed by atoms with Crippen LogP contribution >= 0.6 is 34.5 Å². The first kappa shape index (κ1) is 28.4. The molecular formula is C31H23Cl2N3O4S. The molecule has 7 nitrogen and oxygen atoms in total. The van der Waals surface area contributed by atoms with E-state index in [0.717, 1.165) is 5.56 Å². The first-order chi connectivity index (χ1) is 19.8. The number of rotatable bonds is 7. The average molecular weight is 605 g/mol. The van der Waals surface area contributed by atoms with Gasteiger partial charge in [-0.05, 0) is 55.8 Å². The Hall–Kier alpha value is -4.16. The van der Waals surface area contributed by atoms with E-state index in [4.69, 9.17) is 32.7 Å². The highest BCUT2D eigenvalue weighted by atomic mass is 35.5. The van der Waals surface area contributed by atoms with Crippen molar-refractivity contribution in [3.05, 3.63) is 130 Å². The number of ether oxygens (including phenoxy) is 2. The van der Waals surface area contributed by atoms with E-state index in [1.54, 1.807) is 74.5 Å². The number of halogens is 2. The third kappa shape index (κ3) is 5.70. The van der Waals surface area contributed by atoms with Crippen LogP contribution in [0.5, 0.6) is 5.75 Å². The summed E-state index contributed by atoms with van der Waals surface area (Å²) in [5.41, 5.74) is 2.76. The van der Waals surface area contributed by atoms with Gasteiger partial charge in [0.1, 0.15) is 18.4 Å². The SMILES string of the molecule is CCOC(=O)C1=C(C)N=c2s/c(=C\c3cc(Cl)ccc3OCc3ccccc3C#N)c(=O)n2[C@@H]1c1ccccc1Cl. The quantitative estimate of drug-likeness (QED) is 0.258. The molecule has 10 heteroatoms. The zero-order chi connectivity index (χ0) is 29.1. The molecule has 0 aliphatic carbocycles. The summed E-state index contributed by atoms with van der Waals surface area (Å²) >= 11 is 14.1. The number of carbonyl (C=O) groups is 1. The second-order valence-corrected chi connectivity index (χ2v) is 10.9. The van der Waals surface area contributed by atoms with E-state index in [9.17, 15) is 14.9 Å². The third-order valence-electron chi connectivity index (χ3n) is 6.50. The van der Waals surface area contributed by atoms with Crippen molar-refractivity contribution in [1.29, 1.82) is 5.26 Å². The Balaban J connectivity index is 1.63. The molecule has 0 radical (unpaired) electrons. The smallest absolute Gasteiger partial charge is 0.338 e. The Labute approximate surface area is 249 Å². The summed E-state index contributed by atoms with van der Waals surface area (Å²) in [5.74, 6) is -0.0739. The lowest BCUT2D eigenvalue weighted by Crippen LogP contribution is -2.40. The Morgan fingerprint density at radius 1 is 1.15 bits per heavy atom. The van der Waals surface area contributed by atoms with Crippen molar-refractivity contribution in [2.75, 3.05) is 6.61 Å². The van der Waals surface area contributed by atoms with E-state index in [2.05, 4.69) is 11.1 Å². The van der Waals surface area contributed by atoms with Gasteiger partial charge >= 0.3 is 5.97 Å². The fraction of sp³-hybridized carbons (Fsp3) is 0.161. The van der Waals surface area contributed by atoms with Gasteiger partial charge in [0.15, 0.2) is 4.80 Å². The molecule has 0 N–H and O–H groups in total. The average Bonchev–Trinajstić information content (AvgIpc) is 3.26. The molecule has 1 aliphatic heterocycles. The van der Waals surface area contributed by atoms with Crippen LogP contribution in [0.1, 0.15) is 42.1 Å². The van der Waals surface area contributed by atoms with Crippen LogP contribution in [0.15, 0.2) is 87.8 Å². The topological polar surface area (TPSA) is 93.7 Å². The van der Waals surface area contributed by atoms with Crippen LogP contribution in [0.3, 0.4) is 0 Å². The molecular weight excluding hydrogens is 581 g/mol.